The van der Waals surface area contributed by atoms with Gasteiger partial charge in [0.25, 0.3) is 5.91 Å². The average Bonchev–Trinajstić information content (AvgIpc) is 3.25. The summed E-state index contributed by atoms with van der Waals surface area (Å²) in [7, 11) is 0. The predicted molar refractivity (Wildman–Crippen MR) is 92.9 cm³/mol. The summed E-state index contributed by atoms with van der Waals surface area (Å²) in [5.74, 6) is 0.758. The highest BCUT2D eigenvalue weighted by Gasteiger charge is 2.17. The Hall–Kier alpha value is -2.04. The van der Waals surface area contributed by atoms with E-state index in [1.165, 1.54) is 4.88 Å². The number of hydrogen-bond donors (Lipinski definition) is 0. The molecule has 0 unspecified atom stereocenters. The zero-order chi connectivity index (χ0) is 16.1. The van der Waals surface area contributed by atoms with E-state index in [1.807, 2.05) is 28.5 Å². The van der Waals surface area contributed by atoms with Crippen LogP contribution in [0.2, 0.25) is 5.02 Å². The number of furan rings is 1. The van der Waals surface area contributed by atoms with E-state index < -0.39 is 0 Å². The summed E-state index contributed by atoms with van der Waals surface area (Å²) in [6.07, 6.45) is 2.46. The molecule has 5 heteroatoms. The van der Waals surface area contributed by atoms with Crippen molar-refractivity contribution in [2.24, 2.45) is 0 Å². The Morgan fingerprint density at radius 2 is 1.96 bits per heavy atom. The first-order valence-corrected chi connectivity index (χ1v) is 8.58. The molecule has 0 spiro atoms. The highest BCUT2D eigenvalue weighted by atomic mass is 35.5. The van der Waals surface area contributed by atoms with Crippen LogP contribution in [0.4, 0.5) is 0 Å². The Balaban J connectivity index is 1.75. The van der Waals surface area contributed by atoms with Crippen molar-refractivity contribution in [3.8, 4) is 0 Å². The van der Waals surface area contributed by atoms with Crippen LogP contribution in [-0.2, 0) is 13.0 Å². The van der Waals surface area contributed by atoms with Gasteiger partial charge in [-0.1, -0.05) is 17.7 Å². The topological polar surface area (TPSA) is 33.5 Å². The second kappa shape index (κ2) is 7.49. The lowest BCUT2D eigenvalue weighted by Gasteiger charge is -2.21. The van der Waals surface area contributed by atoms with Crippen molar-refractivity contribution in [3.63, 3.8) is 0 Å². The van der Waals surface area contributed by atoms with Crippen molar-refractivity contribution in [2.75, 3.05) is 6.54 Å². The molecule has 0 saturated carbocycles. The second-order valence-corrected chi connectivity index (χ2v) is 6.61. The van der Waals surface area contributed by atoms with Crippen molar-refractivity contribution in [1.29, 1.82) is 0 Å². The Kier molecular flexibility index (Phi) is 5.16. The lowest BCUT2D eigenvalue weighted by molar-refractivity contribution is 0.0734. The number of hydrogen-bond acceptors (Lipinski definition) is 3. The summed E-state index contributed by atoms with van der Waals surface area (Å²) in [6.45, 7) is 1.10. The highest BCUT2D eigenvalue weighted by Crippen LogP contribution is 2.16. The van der Waals surface area contributed by atoms with Gasteiger partial charge in [0, 0.05) is 22.0 Å². The molecule has 118 valence electrons. The van der Waals surface area contributed by atoms with E-state index >= 15 is 0 Å². The molecule has 0 aliphatic heterocycles. The van der Waals surface area contributed by atoms with Crippen LogP contribution >= 0.6 is 22.9 Å². The van der Waals surface area contributed by atoms with Gasteiger partial charge in [-0.25, -0.2) is 0 Å². The monoisotopic (exact) mass is 345 g/mol. The molecule has 0 radical (unpaired) electrons. The first-order valence-electron chi connectivity index (χ1n) is 7.32. The van der Waals surface area contributed by atoms with Crippen LogP contribution < -0.4 is 0 Å². The summed E-state index contributed by atoms with van der Waals surface area (Å²) < 4.78 is 5.39. The standard InChI is InChI=1S/C18H16ClNO2S/c19-15-7-5-14(6-8-15)18(21)20(13-16-3-1-11-22-16)10-9-17-4-2-12-23-17/h1-8,11-12H,9-10,13H2. The zero-order valence-electron chi connectivity index (χ0n) is 12.4. The lowest BCUT2D eigenvalue weighted by atomic mass is 10.2. The van der Waals surface area contributed by atoms with Crippen LogP contribution in [0.1, 0.15) is 21.0 Å². The van der Waals surface area contributed by atoms with Crippen LogP contribution in [0, 0.1) is 0 Å². The average molecular weight is 346 g/mol. The predicted octanol–water partition coefficient (Wildman–Crippen LogP) is 4.88. The number of rotatable bonds is 6. The molecule has 0 aliphatic rings. The fourth-order valence-corrected chi connectivity index (χ4v) is 3.14. The lowest BCUT2D eigenvalue weighted by Crippen LogP contribution is -2.32. The van der Waals surface area contributed by atoms with Gasteiger partial charge < -0.3 is 9.32 Å². The quantitative estimate of drug-likeness (QED) is 0.638. The second-order valence-electron chi connectivity index (χ2n) is 5.14. The molecule has 1 amide bonds. The van der Waals surface area contributed by atoms with Crippen molar-refractivity contribution < 1.29 is 9.21 Å². The molecule has 23 heavy (non-hydrogen) atoms. The van der Waals surface area contributed by atoms with Crippen LogP contribution in [0.15, 0.2) is 64.6 Å². The Bertz CT molecular complexity index is 736. The van der Waals surface area contributed by atoms with Gasteiger partial charge in [-0.3, -0.25) is 4.79 Å². The summed E-state index contributed by atoms with van der Waals surface area (Å²) in [6, 6.07) is 14.8. The van der Waals surface area contributed by atoms with Gasteiger partial charge in [0.2, 0.25) is 0 Å². The van der Waals surface area contributed by atoms with Crippen molar-refractivity contribution in [2.45, 2.75) is 13.0 Å². The molecule has 0 fully saturated rings. The third kappa shape index (κ3) is 4.24. The molecular formula is C18H16ClNO2S. The molecule has 3 rings (SSSR count). The molecule has 3 aromatic rings. The minimum absolute atomic E-state index is 0.0189. The van der Waals surface area contributed by atoms with Crippen LogP contribution in [0.5, 0.6) is 0 Å². The van der Waals surface area contributed by atoms with Gasteiger partial charge in [0.15, 0.2) is 0 Å². The zero-order valence-corrected chi connectivity index (χ0v) is 14.0. The smallest absolute Gasteiger partial charge is 0.254 e. The largest absolute Gasteiger partial charge is 0.467 e. The third-order valence-electron chi connectivity index (χ3n) is 3.51. The molecule has 0 atom stereocenters. The maximum Gasteiger partial charge on any atom is 0.254 e. The Labute approximate surface area is 144 Å². The number of benzene rings is 1. The summed E-state index contributed by atoms with van der Waals surface area (Å²) in [5.41, 5.74) is 0.632. The minimum atomic E-state index is -0.0189. The van der Waals surface area contributed by atoms with Gasteiger partial charge in [0.1, 0.15) is 5.76 Å². The van der Waals surface area contributed by atoms with E-state index in [1.54, 1.807) is 41.9 Å². The van der Waals surface area contributed by atoms with Gasteiger partial charge in [-0.2, -0.15) is 0 Å². The highest BCUT2D eigenvalue weighted by molar-refractivity contribution is 7.09. The molecule has 0 N–H and O–H groups in total. The first kappa shape index (κ1) is 15.8. The van der Waals surface area contributed by atoms with Crippen molar-refractivity contribution in [3.05, 3.63) is 81.4 Å². The molecule has 0 saturated heterocycles. The maximum absolute atomic E-state index is 12.8. The Morgan fingerprint density at radius 3 is 2.61 bits per heavy atom. The molecule has 0 aliphatic carbocycles. The molecular weight excluding hydrogens is 330 g/mol. The number of halogens is 1. The maximum atomic E-state index is 12.8. The molecule has 1 aromatic carbocycles. The summed E-state index contributed by atoms with van der Waals surface area (Å²) >= 11 is 7.60. The molecule has 3 nitrogen and oxygen atoms in total. The summed E-state index contributed by atoms with van der Waals surface area (Å²) in [5, 5.41) is 2.67. The van der Waals surface area contributed by atoms with Crippen molar-refractivity contribution >= 4 is 28.8 Å². The summed E-state index contributed by atoms with van der Waals surface area (Å²) in [4.78, 5) is 15.9. The number of amides is 1. The number of carbonyl (C=O) groups is 1. The SMILES string of the molecule is O=C(c1ccc(Cl)cc1)N(CCc1cccs1)Cc1ccco1. The number of carbonyl (C=O) groups excluding carboxylic acids is 1. The van der Waals surface area contributed by atoms with E-state index in [0.717, 1.165) is 12.2 Å². The number of thiophene rings is 1. The van der Waals surface area contributed by atoms with E-state index in [-0.39, 0.29) is 5.91 Å². The molecule has 2 aromatic heterocycles. The first-order chi connectivity index (χ1) is 11.2. The minimum Gasteiger partial charge on any atom is -0.467 e. The van der Waals surface area contributed by atoms with Crippen LogP contribution in [-0.4, -0.2) is 17.4 Å². The van der Waals surface area contributed by atoms with Crippen LogP contribution in [0.25, 0.3) is 0 Å². The normalized spacial score (nSPS) is 10.7. The molecule has 0 bridgehead atoms. The van der Waals surface area contributed by atoms with Crippen LogP contribution in [0.3, 0.4) is 0 Å². The van der Waals surface area contributed by atoms with Gasteiger partial charge >= 0.3 is 0 Å². The third-order valence-corrected chi connectivity index (χ3v) is 4.70. The van der Waals surface area contributed by atoms with E-state index in [2.05, 4.69) is 6.07 Å². The van der Waals surface area contributed by atoms with Gasteiger partial charge in [-0.05, 0) is 54.3 Å². The fraction of sp³-hybridized carbons (Fsp3) is 0.167. The Morgan fingerprint density at radius 1 is 1.13 bits per heavy atom. The van der Waals surface area contributed by atoms with Gasteiger partial charge in [0.05, 0.1) is 12.8 Å². The van der Waals surface area contributed by atoms with E-state index in [4.69, 9.17) is 16.0 Å². The fourth-order valence-electron chi connectivity index (χ4n) is 2.32. The van der Waals surface area contributed by atoms with Gasteiger partial charge in [-0.15, -0.1) is 11.3 Å². The molecule has 2 heterocycles. The van der Waals surface area contributed by atoms with Crippen molar-refractivity contribution in [1.82, 2.24) is 4.90 Å². The van der Waals surface area contributed by atoms with E-state index in [9.17, 15) is 4.79 Å². The van der Waals surface area contributed by atoms with E-state index in [0.29, 0.717) is 23.7 Å². The number of nitrogens with zero attached hydrogens (tertiary/aromatic N) is 1.